The van der Waals surface area contributed by atoms with Gasteiger partial charge in [0, 0.05) is 12.3 Å². The molecule has 0 atom stereocenters. The minimum absolute atomic E-state index is 0.00500. The van der Waals surface area contributed by atoms with Gasteiger partial charge in [-0.1, -0.05) is 6.07 Å². The van der Waals surface area contributed by atoms with Crippen LogP contribution in [0.3, 0.4) is 0 Å². The quantitative estimate of drug-likeness (QED) is 0.790. The van der Waals surface area contributed by atoms with Crippen molar-refractivity contribution in [3.05, 3.63) is 23.9 Å². The van der Waals surface area contributed by atoms with Crippen molar-refractivity contribution in [2.24, 2.45) is 0 Å². The number of rotatable bonds is 4. The van der Waals surface area contributed by atoms with E-state index in [4.69, 9.17) is 9.84 Å². The smallest absolute Gasteiger partial charge is 0.307 e. The summed E-state index contributed by atoms with van der Waals surface area (Å²) in [4.78, 5) is 14.4. The Bertz CT molecular complexity index is 306. The fourth-order valence-corrected chi connectivity index (χ4v) is 1.00. The Labute approximate surface area is 82.5 Å². The van der Waals surface area contributed by atoms with Crippen LogP contribution < -0.4 is 4.74 Å². The zero-order chi connectivity index (χ0) is 10.6. The standard InChI is InChI=1S/C10H13NO3/c1-7(2)14-9-4-3-8(6-11-9)5-10(12)13/h3-4,6-7H,5H2,1-2H3,(H,12,13). The minimum Gasteiger partial charge on any atom is -0.481 e. The maximum Gasteiger partial charge on any atom is 0.307 e. The molecule has 0 aliphatic rings. The fraction of sp³-hybridized carbons (Fsp3) is 0.400. The SMILES string of the molecule is CC(C)Oc1ccc(CC(=O)O)cn1. The predicted molar refractivity (Wildman–Crippen MR) is 51.3 cm³/mol. The van der Waals surface area contributed by atoms with Gasteiger partial charge in [-0.25, -0.2) is 4.98 Å². The van der Waals surface area contributed by atoms with E-state index in [0.29, 0.717) is 11.4 Å². The molecule has 0 spiro atoms. The van der Waals surface area contributed by atoms with Crippen molar-refractivity contribution < 1.29 is 14.6 Å². The number of carbonyl (C=O) groups is 1. The molecule has 0 aliphatic carbocycles. The Hall–Kier alpha value is -1.58. The van der Waals surface area contributed by atoms with Gasteiger partial charge in [0.15, 0.2) is 0 Å². The third-order valence-corrected chi connectivity index (χ3v) is 1.51. The summed E-state index contributed by atoms with van der Waals surface area (Å²) in [7, 11) is 0. The average Bonchev–Trinajstić information content (AvgIpc) is 2.06. The summed E-state index contributed by atoms with van der Waals surface area (Å²) in [5.74, 6) is -0.335. The number of aromatic nitrogens is 1. The van der Waals surface area contributed by atoms with E-state index in [1.54, 1.807) is 12.1 Å². The van der Waals surface area contributed by atoms with Gasteiger partial charge in [0.05, 0.1) is 12.5 Å². The van der Waals surface area contributed by atoms with Crippen molar-refractivity contribution in [1.29, 1.82) is 0 Å². The maximum absolute atomic E-state index is 10.4. The molecule has 0 saturated carbocycles. The Kier molecular flexibility index (Phi) is 3.45. The number of carboxylic acids is 1. The van der Waals surface area contributed by atoms with Gasteiger partial charge in [-0.15, -0.1) is 0 Å². The van der Waals surface area contributed by atoms with Crippen LogP contribution in [0, 0.1) is 0 Å². The molecule has 0 saturated heterocycles. The van der Waals surface area contributed by atoms with E-state index in [0.717, 1.165) is 0 Å². The van der Waals surface area contributed by atoms with Gasteiger partial charge in [0.1, 0.15) is 0 Å². The monoisotopic (exact) mass is 195 g/mol. The molecule has 4 heteroatoms. The lowest BCUT2D eigenvalue weighted by Crippen LogP contribution is -2.07. The number of hydrogen-bond acceptors (Lipinski definition) is 3. The lowest BCUT2D eigenvalue weighted by atomic mass is 10.2. The lowest BCUT2D eigenvalue weighted by Gasteiger charge is -2.08. The van der Waals surface area contributed by atoms with Gasteiger partial charge in [-0.3, -0.25) is 4.79 Å². The molecular formula is C10H13NO3. The summed E-state index contributed by atoms with van der Waals surface area (Å²) in [5.41, 5.74) is 0.675. The zero-order valence-electron chi connectivity index (χ0n) is 8.23. The van der Waals surface area contributed by atoms with Crippen molar-refractivity contribution in [2.45, 2.75) is 26.4 Å². The van der Waals surface area contributed by atoms with Crippen molar-refractivity contribution >= 4 is 5.97 Å². The van der Waals surface area contributed by atoms with E-state index >= 15 is 0 Å². The van der Waals surface area contributed by atoms with Crippen molar-refractivity contribution in [1.82, 2.24) is 4.98 Å². The first-order chi connectivity index (χ1) is 6.58. The Morgan fingerprint density at radius 2 is 2.29 bits per heavy atom. The van der Waals surface area contributed by atoms with Crippen LogP contribution in [0.15, 0.2) is 18.3 Å². The molecule has 0 unspecified atom stereocenters. The topological polar surface area (TPSA) is 59.4 Å². The first-order valence-corrected chi connectivity index (χ1v) is 4.41. The van der Waals surface area contributed by atoms with E-state index in [1.807, 2.05) is 13.8 Å². The van der Waals surface area contributed by atoms with Crippen molar-refractivity contribution in [3.8, 4) is 5.88 Å². The fourth-order valence-electron chi connectivity index (χ4n) is 1.00. The van der Waals surface area contributed by atoms with Crippen molar-refractivity contribution in [2.75, 3.05) is 0 Å². The van der Waals surface area contributed by atoms with E-state index in [-0.39, 0.29) is 12.5 Å². The lowest BCUT2D eigenvalue weighted by molar-refractivity contribution is -0.136. The van der Waals surface area contributed by atoms with Crippen LogP contribution in [0.4, 0.5) is 0 Å². The van der Waals surface area contributed by atoms with Gasteiger partial charge in [0.25, 0.3) is 0 Å². The zero-order valence-corrected chi connectivity index (χ0v) is 8.23. The van der Waals surface area contributed by atoms with Crippen LogP contribution in [-0.2, 0) is 11.2 Å². The van der Waals surface area contributed by atoms with Crippen molar-refractivity contribution in [3.63, 3.8) is 0 Å². The van der Waals surface area contributed by atoms with Gasteiger partial charge >= 0.3 is 5.97 Å². The average molecular weight is 195 g/mol. The Morgan fingerprint density at radius 3 is 2.71 bits per heavy atom. The van der Waals surface area contributed by atoms with Crippen LogP contribution >= 0.6 is 0 Å². The second-order valence-electron chi connectivity index (χ2n) is 3.24. The van der Waals surface area contributed by atoms with Gasteiger partial charge < -0.3 is 9.84 Å². The highest BCUT2D eigenvalue weighted by Crippen LogP contribution is 2.09. The molecule has 0 aliphatic heterocycles. The maximum atomic E-state index is 10.4. The van der Waals surface area contributed by atoms with E-state index in [1.165, 1.54) is 6.20 Å². The van der Waals surface area contributed by atoms with Crippen LogP contribution in [0.1, 0.15) is 19.4 Å². The minimum atomic E-state index is -0.857. The van der Waals surface area contributed by atoms with E-state index < -0.39 is 5.97 Å². The third-order valence-electron chi connectivity index (χ3n) is 1.51. The molecular weight excluding hydrogens is 182 g/mol. The molecule has 1 aromatic heterocycles. The van der Waals surface area contributed by atoms with Crippen LogP contribution in [0.5, 0.6) is 5.88 Å². The molecule has 0 radical (unpaired) electrons. The molecule has 4 nitrogen and oxygen atoms in total. The summed E-state index contributed by atoms with van der Waals surface area (Å²) in [6, 6.07) is 3.39. The number of aliphatic carboxylic acids is 1. The summed E-state index contributed by atoms with van der Waals surface area (Å²) >= 11 is 0. The largest absolute Gasteiger partial charge is 0.481 e. The molecule has 76 valence electrons. The second kappa shape index (κ2) is 4.60. The van der Waals surface area contributed by atoms with Crippen LogP contribution in [-0.4, -0.2) is 22.2 Å². The number of carboxylic acid groups (broad SMARTS) is 1. The van der Waals surface area contributed by atoms with Gasteiger partial charge in [-0.2, -0.15) is 0 Å². The predicted octanol–water partition coefficient (Wildman–Crippen LogP) is 1.50. The summed E-state index contributed by atoms with van der Waals surface area (Å²) in [6.45, 7) is 3.82. The molecule has 1 N–H and O–H groups in total. The van der Waals surface area contributed by atoms with E-state index in [9.17, 15) is 4.79 Å². The Balaban J connectivity index is 2.63. The molecule has 0 fully saturated rings. The number of pyridine rings is 1. The summed E-state index contributed by atoms with van der Waals surface area (Å²) in [5, 5.41) is 8.52. The molecule has 0 bridgehead atoms. The molecule has 1 rings (SSSR count). The molecule has 1 heterocycles. The van der Waals surface area contributed by atoms with E-state index in [2.05, 4.69) is 4.98 Å². The summed E-state index contributed by atoms with van der Waals surface area (Å²) in [6.07, 6.45) is 1.59. The second-order valence-corrected chi connectivity index (χ2v) is 3.24. The van der Waals surface area contributed by atoms with Gasteiger partial charge in [-0.05, 0) is 19.4 Å². The molecule has 0 aromatic carbocycles. The highest BCUT2D eigenvalue weighted by Gasteiger charge is 2.02. The van der Waals surface area contributed by atoms with Crippen LogP contribution in [0.2, 0.25) is 0 Å². The first-order valence-electron chi connectivity index (χ1n) is 4.41. The summed E-state index contributed by atoms with van der Waals surface area (Å²) < 4.78 is 5.32. The normalized spacial score (nSPS) is 10.2. The highest BCUT2D eigenvalue weighted by atomic mass is 16.5. The number of nitrogens with zero attached hydrogens (tertiary/aromatic N) is 1. The third kappa shape index (κ3) is 3.43. The molecule has 0 amide bonds. The molecule has 14 heavy (non-hydrogen) atoms. The number of hydrogen-bond donors (Lipinski definition) is 1. The molecule has 1 aromatic rings. The van der Waals surface area contributed by atoms with Crippen LogP contribution in [0.25, 0.3) is 0 Å². The Morgan fingerprint density at radius 1 is 1.57 bits per heavy atom. The number of ether oxygens (including phenoxy) is 1. The first kappa shape index (κ1) is 10.5. The van der Waals surface area contributed by atoms with Gasteiger partial charge in [0.2, 0.25) is 5.88 Å². The highest BCUT2D eigenvalue weighted by molar-refractivity contribution is 5.69.